The maximum atomic E-state index is 14.7. The number of fused-ring (bicyclic) bond motifs is 18. The molecular weight excluding hydrogens is 1160 g/mol. The monoisotopic (exact) mass is 1210 g/mol. The molecule has 20 aromatic rings. The van der Waals surface area contributed by atoms with E-state index < -0.39 is 9.84 Å². The second-order valence-electron chi connectivity index (χ2n) is 24.4. The summed E-state index contributed by atoms with van der Waals surface area (Å²) in [5, 5.41) is 14.1. The van der Waals surface area contributed by atoms with Crippen molar-refractivity contribution in [3.8, 4) is 34.1 Å². The smallest absolute Gasteiger partial charge is 0.206 e. The molecule has 0 N–H and O–H groups in total. The molecule has 6 aromatic heterocycles. The standard InChI is InChI=1S/C84H52N6O2S/c91-93(92,59-41-33-53(34-42-59)85-77-29-13-5-21-65(77)69-51-57(37-45-81(69)85)89-79-31-15-7-23-67(79)71-49-55(39-47-83(71)89)87-73-25-9-1-17-61(73)62-18-2-10-26-74(62)87)60-43-35-54(36-44-60)86-78-30-14-6-22-66(78)70-52-58(38-46-82(70)86)90-80-32-16-8-24-68(80)72-50-56(40-48-84(72)90)88-75-27-11-3-19-63(75)64-20-4-12-28-76(64)88/h1-52H. The maximum absolute atomic E-state index is 14.7. The van der Waals surface area contributed by atoms with Crippen molar-refractivity contribution in [2.45, 2.75) is 9.79 Å². The highest BCUT2D eigenvalue weighted by Crippen LogP contribution is 2.43. The van der Waals surface area contributed by atoms with Crippen LogP contribution in [-0.2, 0) is 9.84 Å². The molecule has 436 valence electrons. The van der Waals surface area contributed by atoms with E-state index in [0.29, 0.717) is 0 Å². The van der Waals surface area contributed by atoms with Gasteiger partial charge in [0.25, 0.3) is 0 Å². The zero-order chi connectivity index (χ0) is 61.2. The van der Waals surface area contributed by atoms with Gasteiger partial charge in [0.05, 0.1) is 76.0 Å². The van der Waals surface area contributed by atoms with E-state index in [-0.39, 0.29) is 9.79 Å². The summed E-state index contributed by atoms with van der Waals surface area (Å²) in [5.41, 5.74) is 19.5. The van der Waals surface area contributed by atoms with Gasteiger partial charge in [-0.25, -0.2) is 8.42 Å². The third-order valence-electron chi connectivity index (χ3n) is 19.6. The predicted molar refractivity (Wildman–Crippen MR) is 384 cm³/mol. The van der Waals surface area contributed by atoms with Crippen LogP contribution in [0, 0.1) is 0 Å². The van der Waals surface area contributed by atoms with Crippen LogP contribution in [0.5, 0.6) is 0 Å². The van der Waals surface area contributed by atoms with Gasteiger partial charge in [-0.05, 0) is 170 Å². The highest BCUT2D eigenvalue weighted by atomic mass is 32.2. The normalized spacial score (nSPS) is 12.4. The molecule has 0 bridgehead atoms. The molecule has 0 fully saturated rings. The van der Waals surface area contributed by atoms with Gasteiger partial charge in [0.2, 0.25) is 9.84 Å². The van der Waals surface area contributed by atoms with Crippen LogP contribution in [0.15, 0.2) is 325 Å². The third kappa shape index (κ3) is 7.39. The van der Waals surface area contributed by atoms with Crippen LogP contribution >= 0.6 is 0 Å². The fourth-order valence-electron chi connectivity index (χ4n) is 15.6. The molecule has 93 heavy (non-hydrogen) atoms. The Balaban J connectivity index is 0.630. The van der Waals surface area contributed by atoms with Crippen LogP contribution in [0.25, 0.3) is 165 Å². The Hall–Kier alpha value is -12.2. The number of benzene rings is 14. The summed E-state index contributed by atoms with van der Waals surface area (Å²) in [5.74, 6) is 0. The first kappa shape index (κ1) is 51.7. The zero-order valence-electron chi connectivity index (χ0n) is 49.9. The third-order valence-corrected chi connectivity index (χ3v) is 21.4. The van der Waals surface area contributed by atoms with E-state index in [4.69, 9.17) is 0 Å². The number of hydrogen-bond donors (Lipinski definition) is 0. The Kier molecular flexibility index (Phi) is 10.8. The van der Waals surface area contributed by atoms with Gasteiger partial charge < -0.3 is 27.4 Å². The Bertz CT molecular complexity index is 6190. The molecule has 0 aliphatic heterocycles. The van der Waals surface area contributed by atoms with E-state index in [2.05, 4.69) is 294 Å². The van der Waals surface area contributed by atoms with Gasteiger partial charge in [-0.2, -0.15) is 0 Å². The van der Waals surface area contributed by atoms with Crippen LogP contribution in [0.1, 0.15) is 0 Å². The van der Waals surface area contributed by atoms with E-state index in [0.717, 1.165) is 99.8 Å². The molecule has 0 aliphatic rings. The molecule has 0 atom stereocenters. The molecular formula is C84H52N6O2S. The summed E-state index contributed by atoms with van der Waals surface area (Å²) in [6.07, 6.45) is 0. The summed E-state index contributed by atoms with van der Waals surface area (Å²) in [4.78, 5) is 0.458. The lowest BCUT2D eigenvalue weighted by Gasteiger charge is -2.12. The molecule has 0 aliphatic carbocycles. The first-order valence-corrected chi connectivity index (χ1v) is 33.0. The van der Waals surface area contributed by atoms with Gasteiger partial charge >= 0.3 is 0 Å². The fraction of sp³-hybridized carbons (Fsp3) is 0. The van der Waals surface area contributed by atoms with Crippen molar-refractivity contribution >= 4 is 141 Å². The van der Waals surface area contributed by atoms with Crippen LogP contribution in [0.4, 0.5) is 0 Å². The summed E-state index contributed by atoms with van der Waals surface area (Å²) >= 11 is 0. The molecule has 6 heterocycles. The van der Waals surface area contributed by atoms with E-state index >= 15 is 0 Å². The minimum Gasteiger partial charge on any atom is -0.309 e. The summed E-state index contributed by atoms with van der Waals surface area (Å²) in [6.45, 7) is 0. The first-order chi connectivity index (χ1) is 45.9. The predicted octanol–water partition coefficient (Wildman–Crippen LogP) is 21.1. The van der Waals surface area contributed by atoms with Crippen molar-refractivity contribution in [1.82, 2.24) is 27.4 Å². The van der Waals surface area contributed by atoms with Crippen LogP contribution in [-0.4, -0.2) is 35.8 Å². The van der Waals surface area contributed by atoms with Crippen molar-refractivity contribution in [3.05, 3.63) is 315 Å². The van der Waals surface area contributed by atoms with Crippen molar-refractivity contribution in [2.75, 3.05) is 0 Å². The molecule has 0 radical (unpaired) electrons. The van der Waals surface area contributed by atoms with E-state index in [1.54, 1.807) is 24.3 Å². The first-order valence-electron chi connectivity index (χ1n) is 31.5. The number of hydrogen-bond acceptors (Lipinski definition) is 2. The van der Waals surface area contributed by atoms with Gasteiger partial charge in [-0.15, -0.1) is 0 Å². The van der Waals surface area contributed by atoms with Gasteiger partial charge in [0.15, 0.2) is 0 Å². The van der Waals surface area contributed by atoms with Gasteiger partial charge in [-0.1, -0.05) is 146 Å². The second kappa shape index (κ2) is 19.4. The summed E-state index contributed by atoms with van der Waals surface area (Å²) in [7, 11) is -3.91. The SMILES string of the molecule is O=S(=O)(c1ccc(-n2c3ccccc3c3cc(-n4c5ccccc5c5cc(-n6c7ccccc7c7ccccc76)ccc54)ccc32)cc1)c1ccc(-n2c3ccccc3c3cc(-n4c5ccccc5c5cc(-n6c7ccccc7c7ccccc76)ccc54)ccc32)cc1. The molecule has 20 rings (SSSR count). The summed E-state index contributed by atoms with van der Waals surface area (Å²) in [6, 6.07) is 111. The molecule has 14 aromatic carbocycles. The lowest BCUT2D eigenvalue weighted by atomic mass is 10.1. The van der Waals surface area contributed by atoms with Gasteiger partial charge in [0.1, 0.15) is 0 Å². The Labute approximate surface area is 532 Å². The second-order valence-corrected chi connectivity index (χ2v) is 26.4. The molecule has 0 amide bonds. The molecule has 0 unspecified atom stereocenters. The number of rotatable bonds is 8. The topological polar surface area (TPSA) is 63.7 Å². The highest BCUT2D eigenvalue weighted by molar-refractivity contribution is 7.91. The Morgan fingerprint density at radius 2 is 0.323 bits per heavy atom. The molecule has 9 heteroatoms. The Morgan fingerprint density at radius 3 is 0.538 bits per heavy atom. The molecule has 0 saturated heterocycles. The largest absolute Gasteiger partial charge is 0.309 e. The molecule has 0 saturated carbocycles. The average Bonchev–Trinajstić information content (AvgIpc) is 1.59. The molecule has 8 nitrogen and oxygen atoms in total. The van der Waals surface area contributed by atoms with Crippen LogP contribution in [0.2, 0.25) is 0 Å². The number of nitrogens with zero attached hydrogens (tertiary/aromatic N) is 6. The van der Waals surface area contributed by atoms with Crippen molar-refractivity contribution in [2.24, 2.45) is 0 Å². The van der Waals surface area contributed by atoms with E-state index in [1.807, 2.05) is 24.3 Å². The van der Waals surface area contributed by atoms with Crippen molar-refractivity contribution < 1.29 is 8.42 Å². The van der Waals surface area contributed by atoms with E-state index in [1.165, 1.54) is 65.2 Å². The highest BCUT2D eigenvalue weighted by Gasteiger charge is 2.24. The fourth-order valence-corrected chi connectivity index (χ4v) is 16.9. The van der Waals surface area contributed by atoms with Gasteiger partial charge in [0, 0.05) is 98.8 Å². The maximum Gasteiger partial charge on any atom is 0.206 e. The molecule has 0 spiro atoms. The number of aromatic nitrogens is 6. The zero-order valence-corrected chi connectivity index (χ0v) is 50.7. The number of para-hydroxylation sites is 8. The average molecular weight is 1210 g/mol. The minimum atomic E-state index is -3.91. The quantitative estimate of drug-likeness (QED) is 0.152. The number of sulfone groups is 1. The lowest BCUT2D eigenvalue weighted by molar-refractivity contribution is 0.596. The van der Waals surface area contributed by atoms with Crippen LogP contribution < -0.4 is 0 Å². The van der Waals surface area contributed by atoms with Crippen molar-refractivity contribution in [1.29, 1.82) is 0 Å². The Morgan fingerprint density at radius 1 is 0.161 bits per heavy atom. The minimum absolute atomic E-state index is 0.229. The summed E-state index contributed by atoms with van der Waals surface area (Å²) < 4.78 is 43.4. The van der Waals surface area contributed by atoms with Crippen molar-refractivity contribution in [3.63, 3.8) is 0 Å². The lowest BCUT2D eigenvalue weighted by Crippen LogP contribution is -2.03. The van der Waals surface area contributed by atoms with Gasteiger partial charge in [-0.3, -0.25) is 0 Å². The van der Waals surface area contributed by atoms with E-state index in [9.17, 15) is 8.42 Å². The van der Waals surface area contributed by atoms with Crippen LogP contribution in [0.3, 0.4) is 0 Å².